The van der Waals surface area contributed by atoms with Crippen LogP contribution in [0.5, 0.6) is 5.75 Å². The van der Waals surface area contributed by atoms with E-state index in [1.165, 1.54) is 57.7 Å². The second-order valence-electron chi connectivity index (χ2n) is 6.07. The summed E-state index contributed by atoms with van der Waals surface area (Å²) in [5, 5.41) is 17.4. The van der Waals surface area contributed by atoms with Crippen molar-refractivity contribution in [2.24, 2.45) is 0 Å². The van der Waals surface area contributed by atoms with E-state index < -0.39 is 18.2 Å². The number of carbonyl (C=O) groups is 4. The number of hydrogen-bond acceptors (Lipinski definition) is 9. The van der Waals surface area contributed by atoms with E-state index in [9.17, 15) is 19.2 Å². The van der Waals surface area contributed by atoms with Crippen LogP contribution >= 0.6 is 0 Å². The Hall–Kier alpha value is -3.60. The zero-order valence-corrected chi connectivity index (χ0v) is 17.8. The highest BCUT2D eigenvalue weighted by Crippen LogP contribution is 2.19. The maximum absolute atomic E-state index is 11.3. The van der Waals surface area contributed by atoms with Gasteiger partial charge in [-0.05, 0) is 35.9 Å². The van der Waals surface area contributed by atoms with Crippen molar-refractivity contribution in [1.82, 2.24) is 0 Å². The van der Waals surface area contributed by atoms with Crippen molar-refractivity contribution in [2.45, 2.75) is 12.9 Å². The van der Waals surface area contributed by atoms with Gasteiger partial charge < -0.3 is 29.2 Å². The fourth-order valence-corrected chi connectivity index (χ4v) is 2.39. The van der Waals surface area contributed by atoms with Gasteiger partial charge in [-0.15, -0.1) is 0 Å². The summed E-state index contributed by atoms with van der Waals surface area (Å²) in [5.74, 6) is -1.25. The van der Waals surface area contributed by atoms with Gasteiger partial charge in [0.1, 0.15) is 18.6 Å². The third-order valence-corrected chi connectivity index (χ3v) is 4.15. The van der Waals surface area contributed by atoms with E-state index in [2.05, 4.69) is 4.74 Å². The fraction of sp³-hybridized carbons (Fsp3) is 0.273. The number of carbonyl (C=O) groups excluding carboxylic acids is 3. The number of aliphatic hydroxyl groups is 1. The van der Waals surface area contributed by atoms with Gasteiger partial charge in [-0.25, -0.2) is 9.59 Å². The normalized spacial score (nSPS) is 10.0. The number of esters is 1. The molecule has 0 aliphatic rings. The number of carboxylic acids is 1. The lowest BCUT2D eigenvalue weighted by molar-refractivity contribution is -0.122. The molecule has 10 nitrogen and oxygen atoms in total. The Morgan fingerprint density at radius 1 is 0.938 bits per heavy atom. The van der Waals surface area contributed by atoms with Crippen molar-refractivity contribution in [2.75, 3.05) is 27.9 Å². The van der Waals surface area contributed by atoms with Gasteiger partial charge in [0.25, 0.3) is 0 Å². The van der Waals surface area contributed by atoms with E-state index in [0.29, 0.717) is 23.9 Å². The molecule has 0 aliphatic carbocycles. The Balaban J connectivity index is 0.000000343. The van der Waals surface area contributed by atoms with E-state index in [4.69, 9.17) is 24.4 Å². The molecule has 0 unspecified atom stereocenters. The van der Waals surface area contributed by atoms with E-state index in [-0.39, 0.29) is 35.5 Å². The molecule has 0 radical (unpaired) electrons. The molecule has 32 heavy (non-hydrogen) atoms. The minimum atomic E-state index is -1.09. The molecule has 172 valence electrons. The number of rotatable bonds is 10. The molecule has 0 saturated heterocycles. The predicted molar refractivity (Wildman–Crippen MR) is 111 cm³/mol. The Morgan fingerprint density at radius 3 is 2.03 bits per heavy atom. The summed E-state index contributed by atoms with van der Waals surface area (Å²) in [6.45, 7) is -0.140. The molecule has 0 amide bonds. The molecule has 0 heterocycles. The zero-order valence-electron chi connectivity index (χ0n) is 17.8. The van der Waals surface area contributed by atoms with Crippen molar-refractivity contribution in [3.8, 4) is 5.75 Å². The SMILES string of the molecule is COC(=O)c1ccc(OCC(OC)OC)c(C=O)c1.O=Cc1cc(C(=O)O)ccc1CO. The highest BCUT2D eigenvalue weighted by atomic mass is 16.7. The molecule has 0 aromatic heterocycles. The summed E-state index contributed by atoms with van der Waals surface area (Å²) in [7, 11) is 4.24. The first kappa shape index (κ1) is 26.4. The lowest BCUT2D eigenvalue weighted by Crippen LogP contribution is -2.22. The van der Waals surface area contributed by atoms with Gasteiger partial charge in [-0.3, -0.25) is 9.59 Å². The summed E-state index contributed by atoms with van der Waals surface area (Å²) in [4.78, 5) is 43.3. The molecule has 2 N–H and O–H groups in total. The molecular weight excluding hydrogens is 424 g/mol. The minimum absolute atomic E-state index is 0.0410. The van der Waals surface area contributed by atoms with Gasteiger partial charge in [-0.1, -0.05) is 6.07 Å². The molecule has 0 bridgehead atoms. The topological polar surface area (TPSA) is 146 Å². The van der Waals surface area contributed by atoms with Crippen molar-refractivity contribution >= 4 is 24.5 Å². The van der Waals surface area contributed by atoms with E-state index in [0.717, 1.165) is 0 Å². The van der Waals surface area contributed by atoms with Crippen LogP contribution in [-0.2, 0) is 20.8 Å². The summed E-state index contributed by atoms with van der Waals surface area (Å²) < 4.78 is 19.9. The molecule has 0 fully saturated rings. The number of benzene rings is 2. The van der Waals surface area contributed by atoms with Gasteiger partial charge in [0.15, 0.2) is 12.6 Å². The zero-order chi connectivity index (χ0) is 24.1. The Kier molecular flexibility index (Phi) is 11.3. The summed E-state index contributed by atoms with van der Waals surface area (Å²) in [6.07, 6.45) is 0.605. The molecule has 0 atom stereocenters. The average Bonchev–Trinajstić information content (AvgIpc) is 2.83. The van der Waals surface area contributed by atoms with Gasteiger partial charge >= 0.3 is 11.9 Å². The molecule has 2 rings (SSSR count). The average molecular weight is 448 g/mol. The van der Waals surface area contributed by atoms with Crippen LogP contribution in [-0.4, -0.2) is 69.0 Å². The predicted octanol–water partition coefficient (Wildman–Crippen LogP) is 1.97. The number of aromatic carboxylic acids is 1. The minimum Gasteiger partial charge on any atom is -0.488 e. The molecule has 2 aromatic carbocycles. The maximum Gasteiger partial charge on any atom is 0.337 e. The fourth-order valence-electron chi connectivity index (χ4n) is 2.39. The second kappa shape index (κ2) is 13.7. The summed E-state index contributed by atoms with van der Waals surface area (Å²) in [5.41, 5.74) is 1.22. The maximum atomic E-state index is 11.3. The highest BCUT2D eigenvalue weighted by Gasteiger charge is 2.12. The lowest BCUT2D eigenvalue weighted by Gasteiger charge is -2.15. The number of carboxylic acid groups (broad SMARTS) is 1. The number of hydrogen-bond donors (Lipinski definition) is 2. The number of aliphatic hydroxyl groups excluding tert-OH is 1. The van der Waals surface area contributed by atoms with Crippen LogP contribution < -0.4 is 4.74 Å². The van der Waals surface area contributed by atoms with Crippen LogP contribution in [0.3, 0.4) is 0 Å². The van der Waals surface area contributed by atoms with Crippen molar-refractivity contribution < 1.29 is 48.3 Å². The van der Waals surface area contributed by atoms with Gasteiger partial charge in [0, 0.05) is 19.8 Å². The molecule has 0 spiro atoms. The third kappa shape index (κ3) is 7.58. The van der Waals surface area contributed by atoms with Gasteiger partial charge in [-0.2, -0.15) is 0 Å². The van der Waals surface area contributed by atoms with Crippen LogP contribution in [0.25, 0.3) is 0 Å². The Bertz CT molecular complexity index is 934. The van der Waals surface area contributed by atoms with Crippen LogP contribution in [0.15, 0.2) is 36.4 Å². The van der Waals surface area contributed by atoms with E-state index in [1.54, 1.807) is 0 Å². The quantitative estimate of drug-likeness (QED) is 0.314. The van der Waals surface area contributed by atoms with Crippen molar-refractivity contribution in [3.63, 3.8) is 0 Å². The summed E-state index contributed by atoms with van der Waals surface area (Å²) >= 11 is 0. The van der Waals surface area contributed by atoms with Crippen LogP contribution in [0.4, 0.5) is 0 Å². The van der Waals surface area contributed by atoms with E-state index >= 15 is 0 Å². The molecular formula is C22H24O10. The summed E-state index contributed by atoms with van der Waals surface area (Å²) in [6, 6.07) is 8.46. The first-order valence-electron chi connectivity index (χ1n) is 9.13. The van der Waals surface area contributed by atoms with Gasteiger partial charge in [0.05, 0.1) is 30.4 Å². The highest BCUT2D eigenvalue weighted by molar-refractivity contribution is 5.92. The molecule has 2 aromatic rings. The van der Waals surface area contributed by atoms with Crippen LogP contribution in [0, 0.1) is 0 Å². The molecule has 10 heteroatoms. The molecule has 0 aliphatic heterocycles. The first-order chi connectivity index (χ1) is 15.3. The van der Waals surface area contributed by atoms with Crippen LogP contribution in [0.2, 0.25) is 0 Å². The second-order valence-corrected chi connectivity index (χ2v) is 6.07. The third-order valence-electron chi connectivity index (χ3n) is 4.15. The number of methoxy groups -OCH3 is 3. The van der Waals surface area contributed by atoms with Crippen molar-refractivity contribution in [1.29, 1.82) is 0 Å². The first-order valence-corrected chi connectivity index (χ1v) is 9.13. The monoisotopic (exact) mass is 448 g/mol. The number of ether oxygens (including phenoxy) is 4. The van der Waals surface area contributed by atoms with Crippen molar-refractivity contribution in [3.05, 3.63) is 64.2 Å². The van der Waals surface area contributed by atoms with Gasteiger partial charge in [0.2, 0.25) is 0 Å². The Morgan fingerprint density at radius 2 is 1.53 bits per heavy atom. The molecule has 0 saturated carbocycles. The smallest absolute Gasteiger partial charge is 0.337 e. The van der Waals surface area contributed by atoms with Crippen LogP contribution in [0.1, 0.15) is 47.0 Å². The Labute approximate surface area is 184 Å². The van der Waals surface area contributed by atoms with E-state index in [1.807, 2.05) is 0 Å². The lowest BCUT2D eigenvalue weighted by atomic mass is 10.1. The number of aldehydes is 2. The largest absolute Gasteiger partial charge is 0.488 e. The standard InChI is InChI=1S/C13H16O6.C9H8O4/c1-16-12(17-2)8-19-11-5-4-9(13(15)18-3)6-10(11)7-14;10-4-7-2-1-6(9(12)13)3-8(7)5-11/h4-7,12H,8H2,1-3H3;1-3,5,10H,4H2,(H,12,13).